The summed E-state index contributed by atoms with van der Waals surface area (Å²) >= 11 is 0. The van der Waals surface area contributed by atoms with Crippen LogP contribution in [0.2, 0.25) is 0 Å². The number of pyridine rings is 1. The van der Waals surface area contributed by atoms with Gasteiger partial charge in [-0.25, -0.2) is 14.3 Å². The Bertz CT molecular complexity index is 1230. The summed E-state index contributed by atoms with van der Waals surface area (Å²) in [6, 6.07) is 15.2. The topological polar surface area (TPSA) is 73.7 Å². The summed E-state index contributed by atoms with van der Waals surface area (Å²) in [6.45, 7) is 0. The standard InChI is InChI=1S/C19H16N5O2/c1-22-16-15(18(25)23(2)19(22)26)21-17(24-11-7-4-8-12-24)14(20-16)13-9-5-3-6-10-13/h3-12H,1-2H3/q+1. The van der Waals surface area contributed by atoms with Crippen LogP contribution in [0.15, 0.2) is 70.5 Å². The Kier molecular flexibility index (Phi) is 3.69. The van der Waals surface area contributed by atoms with Crippen molar-refractivity contribution in [2.45, 2.75) is 0 Å². The van der Waals surface area contributed by atoms with Crippen molar-refractivity contribution in [1.29, 1.82) is 0 Å². The fraction of sp³-hybridized carbons (Fsp3) is 0.105. The smallest absolute Gasteiger partial charge is 0.277 e. The fourth-order valence-corrected chi connectivity index (χ4v) is 2.87. The molecule has 0 aliphatic heterocycles. The zero-order valence-electron chi connectivity index (χ0n) is 14.3. The second kappa shape index (κ2) is 6.03. The van der Waals surface area contributed by atoms with Gasteiger partial charge in [0.1, 0.15) is 0 Å². The van der Waals surface area contributed by atoms with Crippen molar-refractivity contribution in [3.63, 3.8) is 0 Å². The zero-order valence-corrected chi connectivity index (χ0v) is 14.3. The van der Waals surface area contributed by atoms with E-state index in [0.717, 1.165) is 10.1 Å². The second-order valence-electron chi connectivity index (χ2n) is 5.92. The van der Waals surface area contributed by atoms with Crippen LogP contribution in [0, 0.1) is 0 Å². The molecule has 0 amide bonds. The molecule has 4 rings (SSSR count). The lowest BCUT2D eigenvalue weighted by Gasteiger charge is -2.08. The number of hydrogen-bond acceptors (Lipinski definition) is 4. The molecule has 7 nitrogen and oxygen atoms in total. The number of aryl methyl sites for hydroxylation is 1. The van der Waals surface area contributed by atoms with E-state index >= 15 is 0 Å². The maximum atomic E-state index is 12.6. The highest BCUT2D eigenvalue weighted by Crippen LogP contribution is 2.21. The molecular weight excluding hydrogens is 330 g/mol. The first-order valence-electron chi connectivity index (χ1n) is 8.08. The van der Waals surface area contributed by atoms with Crippen molar-refractivity contribution < 1.29 is 4.57 Å². The molecule has 0 unspecified atom stereocenters. The Morgan fingerprint density at radius 1 is 0.846 bits per heavy atom. The van der Waals surface area contributed by atoms with E-state index in [1.807, 2.05) is 60.9 Å². The average Bonchev–Trinajstić information content (AvgIpc) is 2.71. The van der Waals surface area contributed by atoms with E-state index in [1.54, 1.807) is 11.6 Å². The molecule has 128 valence electrons. The molecule has 0 aliphatic carbocycles. The van der Waals surface area contributed by atoms with Gasteiger partial charge in [-0.3, -0.25) is 13.9 Å². The monoisotopic (exact) mass is 346 g/mol. The van der Waals surface area contributed by atoms with Gasteiger partial charge in [0.15, 0.2) is 11.3 Å². The van der Waals surface area contributed by atoms with Crippen molar-refractivity contribution in [2.75, 3.05) is 0 Å². The van der Waals surface area contributed by atoms with Gasteiger partial charge in [0.05, 0.1) is 12.4 Å². The maximum Gasteiger partial charge on any atom is 0.355 e. The van der Waals surface area contributed by atoms with Crippen molar-refractivity contribution in [1.82, 2.24) is 19.1 Å². The van der Waals surface area contributed by atoms with Crippen LogP contribution < -0.4 is 15.8 Å². The minimum Gasteiger partial charge on any atom is -0.277 e. The molecule has 0 N–H and O–H groups in total. The highest BCUT2D eigenvalue weighted by Gasteiger charge is 2.24. The molecule has 0 fully saturated rings. The third-order valence-electron chi connectivity index (χ3n) is 4.27. The van der Waals surface area contributed by atoms with Gasteiger partial charge in [-0.2, -0.15) is 0 Å². The molecule has 26 heavy (non-hydrogen) atoms. The summed E-state index contributed by atoms with van der Waals surface area (Å²) in [5.41, 5.74) is 0.959. The average molecular weight is 346 g/mol. The zero-order chi connectivity index (χ0) is 18.3. The predicted molar refractivity (Wildman–Crippen MR) is 97.0 cm³/mol. The largest absolute Gasteiger partial charge is 0.355 e. The van der Waals surface area contributed by atoms with Crippen molar-refractivity contribution in [2.24, 2.45) is 14.1 Å². The molecular formula is C19H16N5O2+. The molecule has 0 aliphatic rings. The lowest BCUT2D eigenvalue weighted by Crippen LogP contribution is -2.39. The Morgan fingerprint density at radius 2 is 1.50 bits per heavy atom. The van der Waals surface area contributed by atoms with Gasteiger partial charge in [-0.15, -0.1) is 0 Å². The van der Waals surface area contributed by atoms with E-state index in [0.29, 0.717) is 11.5 Å². The second-order valence-corrected chi connectivity index (χ2v) is 5.92. The molecule has 7 heteroatoms. The Morgan fingerprint density at radius 3 is 2.19 bits per heavy atom. The van der Waals surface area contributed by atoms with Gasteiger partial charge < -0.3 is 0 Å². The highest BCUT2D eigenvalue weighted by atomic mass is 16.2. The number of aromatic nitrogens is 5. The first kappa shape index (κ1) is 15.9. The van der Waals surface area contributed by atoms with Gasteiger partial charge in [0, 0.05) is 19.7 Å². The Balaban J connectivity index is 2.18. The van der Waals surface area contributed by atoms with Gasteiger partial charge in [-0.05, 0) is 17.1 Å². The Labute approximate surface area is 148 Å². The molecule has 1 aromatic carbocycles. The van der Waals surface area contributed by atoms with Crippen LogP contribution in [0.5, 0.6) is 0 Å². The van der Waals surface area contributed by atoms with Gasteiger partial charge in [-0.1, -0.05) is 36.4 Å². The third-order valence-corrected chi connectivity index (χ3v) is 4.27. The van der Waals surface area contributed by atoms with Crippen LogP contribution >= 0.6 is 0 Å². The van der Waals surface area contributed by atoms with Crippen LogP contribution in [0.25, 0.3) is 28.2 Å². The van der Waals surface area contributed by atoms with Crippen molar-refractivity contribution in [3.8, 4) is 17.1 Å². The fourth-order valence-electron chi connectivity index (χ4n) is 2.87. The minimum atomic E-state index is -0.465. The molecule has 3 heterocycles. The minimum absolute atomic E-state index is 0.153. The summed E-state index contributed by atoms with van der Waals surface area (Å²) in [7, 11) is 3.02. The van der Waals surface area contributed by atoms with Crippen LogP contribution in [-0.2, 0) is 14.1 Å². The summed E-state index contributed by atoms with van der Waals surface area (Å²) in [5, 5.41) is 0. The van der Waals surface area contributed by atoms with E-state index < -0.39 is 11.2 Å². The summed E-state index contributed by atoms with van der Waals surface area (Å²) in [5.74, 6) is 0.528. The third kappa shape index (κ3) is 2.41. The van der Waals surface area contributed by atoms with E-state index in [2.05, 4.69) is 9.97 Å². The number of hydrogen-bond donors (Lipinski definition) is 0. The van der Waals surface area contributed by atoms with E-state index in [1.165, 1.54) is 11.6 Å². The molecule has 3 aromatic heterocycles. The van der Waals surface area contributed by atoms with Crippen molar-refractivity contribution >= 4 is 11.2 Å². The first-order chi connectivity index (χ1) is 12.6. The number of benzene rings is 1. The summed E-state index contributed by atoms with van der Waals surface area (Å²) in [4.78, 5) is 34.1. The predicted octanol–water partition coefficient (Wildman–Crippen LogP) is 0.971. The van der Waals surface area contributed by atoms with Gasteiger partial charge in [0.2, 0.25) is 0 Å². The van der Waals surface area contributed by atoms with Gasteiger partial charge in [0.25, 0.3) is 5.52 Å². The van der Waals surface area contributed by atoms with Crippen LogP contribution in [-0.4, -0.2) is 19.1 Å². The number of fused-ring (bicyclic) bond motifs is 1. The van der Waals surface area contributed by atoms with Crippen LogP contribution in [0.4, 0.5) is 0 Å². The molecule has 0 bridgehead atoms. The SMILES string of the molecule is Cn1c(=O)c2nc(-[n+]3ccccc3)c(-c3ccccc3)nc2n(C)c1=O. The van der Waals surface area contributed by atoms with Crippen molar-refractivity contribution in [3.05, 3.63) is 81.8 Å². The molecule has 4 aromatic rings. The molecule has 0 saturated carbocycles. The van der Waals surface area contributed by atoms with E-state index in [9.17, 15) is 9.59 Å². The summed E-state index contributed by atoms with van der Waals surface area (Å²) < 4.78 is 4.19. The normalized spacial score (nSPS) is 11.0. The maximum absolute atomic E-state index is 12.6. The number of rotatable bonds is 2. The molecule has 0 atom stereocenters. The molecule has 0 radical (unpaired) electrons. The van der Waals surface area contributed by atoms with E-state index in [-0.39, 0.29) is 11.2 Å². The van der Waals surface area contributed by atoms with Crippen LogP contribution in [0.1, 0.15) is 0 Å². The lowest BCUT2D eigenvalue weighted by molar-refractivity contribution is -0.599. The Hall–Kier alpha value is -3.61. The number of nitrogens with zero attached hydrogens (tertiary/aromatic N) is 5. The quantitative estimate of drug-likeness (QED) is 0.507. The van der Waals surface area contributed by atoms with E-state index in [4.69, 9.17) is 0 Å². The lowest BCUT2D eigenvalue weighted by atomic mass is 10.1. The summed E-state index contributed by atoms with van der Waals surface area (Å²) in [6.07, 6.45) is 3.68. The van der Waals surface area contributed by atoms with Crippen LogP contribution in [0.3, 0.4) is 0 Å². The van der Waals surface area contributed by atoms with Gasteiger partial charge >= 0.3 is 17.1 Å². The molecule has 0 spiro atoms. The highest BCUT2D eigenvalue weighted by molar-refractivity contribution is 5.76. The first-order valence-corrected chi connectivity index (χ1v) is 8.08. The molecule has 0 saturated heterocycles.